The minimum absolute atomic E-state index is 0.00739. The number of nitrogens with zero attached hydrogens (tertiary/aromatic N) is 3. The Morgan fingerprint density at radius 1 is 1.41 bits per heavy atom. The van der Waals surface area contributed by atoms with Gasteiger partial charge >= 0.3 is 0 Å². The number of guanidine groups is 1. The number of hydrogen-bond acceptors (Lipinski definition) is 8. The second-order valence-corrected chi connectivity index (χ2v) is 5.04. The van der Waals surface area contributed by atoms with Crippen LogP contribution in [0.1, 0.15) is 18.3 Å². The van der Waals surface area contributed by atoms with E-state index in [0.29, 0.717) is 18.7 Å². The molecule has 9 heteroatoms. The van der Waals surface area contributed by atoms with Gasteiger partial charge in [0, 0.05) is 46.8 Å². The molecule has 1 aromatic heterocycles. The zero-order valence-electron chi connectivity index (χ0n) is 13.0. The smallest absolute Gasteiger partial charge is 0.198 e. The number of nitrogens with one attached hydrogen (secondary N) is 1. The molecule has 1 aliphatic heterocycles. The number of ether oxygens (including phenoxy) is 3. The first-order valence-electron chi connectivity index (χ1n) is 6.97. The van der Waals surface area contributed by atoms with Crippen molar-refractivity contribution in [3.05, 3.63) is 12.0 Å². The second kappa shape index (κ2) is 7.54. The molecule has 2 atom stereocenters. The van der Waals surface area contributed by atoms with E-state index in [1.54, 1.807) is 27.7 Å². The Bertz CT molecular complexity index is 515. The number of anilines is 1. The lowest BCUT2D eigenvalue weighted by Crippen LogP contribution is -2.30. The van der Waals surface area contributed by atoms with Crippen molar-refractivity contribution in [1.29, 1.82) is 0 Å². The lowest BCUT2D eigenvalue weighted by Gasteiger charge is -2.23. The molecule has 1 aromatic rings. The van der Waals surface area contributed by atoms with E-state index in [1.165, 1.54) is 0 Å². The molecule has 2 rings (SSSR count). The summed E-state index contributed by atoms with van der Waals surface area (Å²) in [6, 6.07) is 0. The largest absolute Gasteiger partial charge is 0.396 e. The summed E-state index contributed by atoms with van der Waals surface area (Å²) < 4.78 is 17.5. The highest BCUT2D eigenvalue weighted by molar-refractivity contribution is 5.93. The van der Waals surface area contributed by atoms with Gasteiger partial charge in [-0.2, -0.15) is 0 Å². The van der Waals surface area contributed by atoms with Crippen molar-refractivity contribution in [3.63, 3.8) is 0 Å². The highest BCUT2D eigenvalue weighted by atomic mass is 16.7. The van der Waals surface area contributed by atoms with Gasteiger partial charge in [0.2, 0.25) is 0 Å². The molecule has 0 spiro atoms. The molecule has 0 saturated heterocycles. The summed E-state index contributed by atoms with van der Waals surface area (Å²) in [6.45, 7) is 0.548. The molecule has 22 heavy (non-hydrogen) atoms. The van der Waals surface area contributed by atoms with Gasteiger partial charge in [-0.25, -0.2) is 9.98 Å². The van der Waals surface area contributed by atoms with Crippen LogP contribution in [0, 0.1) is 5.92 Å². The molecule has 9 nitrogen and oxygen atoms in total. The molecule has 1 aliphatic rings. The standard InChI is InChI=1S/C13H23N5O4/c1-20-9(21-2)4-8(6-19)5-18-7-15-10-11(18)16-13(14)17-12(10)22-3/h7-9,12,19H,4-6H2,1-3H3,(H3,14,16,17). The minimum atomic E-state index is -0.518. The Morgan fingerprint density at radius 3 is 2.73 bits per heavy atom. The molecule has 0 saturated carbocycles. The molecule has 0 fully saturated rings. The number of imidazole rings is 1. The number of fused-ring (bicyclic) bond motifs is 1. The van der Waals surface area contributed by atoms with Crippen LogP contribution >= 0.6 is 0 Å². The summed E-state index contributed by atoms with van der Waals surface area (Å²) in [6.07, 6.45) is 1.36. The van der Waals surface area contributed by atoms with E-state index >= 15 is 0 Å². The fourth-order valence-electron chi connectivity index (χ4n) is 2.40. The Labute approximate surface area is 129 Å². The first kappa shape index (κ1) is 16.7. The van der Waals surface area contributed by atoms with Crippen LogP contribution in [-0.2, 0) is 20.8 Å². The van der Waals surface area contributed by atoms with Gasteiger partial charge in [0.15, 0.2) is 18.5 Å². The number of nitrogens with two attached hydrogens (primary N) is 1. The highest BCUT2D eigenvalue weighted by Gasteiger charge is 2.26. The summed E-state index contributed by atoms with van der Waals surface area (Å²) in [5.74, 6) is 0.948. The maximum atomic E-state index is 9.58. The van der Waals surface area contributed by atoms with E-state index in [1.807, 2.05) is 4.57 Å². The van der Waals surface area contributed by atoms with Crippen LogP contribution in [0.15, 0.2) is 11.3 Å². The van der Waals surface area contributed by atoms with E-state index in [-0.39, 0.29) is 24.8 Å². The van der Waals surface area contributed by atoms with Crippen LogP contribution in [-0.4, -0.2) is 54.8 Å². The zero-order valence-corrected chi connectivity index (χ0v) is 13.0. The molecule has 0 amide bonds. The quantitative estimate of drug-likeness (QED) is 0.573. The van der Waals surface area contributed by atoms with Crippen molar-refractivity contribution in [2.45, 2.75) is 25.5 Å². The third-order valence-corrected chi connectivity index (χ3v) is 3.59. The van der Waals surface area contributed by atoms with Crippen LogP contribution < -0.4 is 11.1 Å². The molecule has 2 heterocycles. The maximum absolute atomic E-state index is 9.58. The van der Waals surface area contributed by atoms with Crippen LogP contribution in [0.2, 0.25) is 0 Å². The number of rotatable bonds is 8. The van der Waals surface area contributed by atoms with Crippen molar-refractivity contribution >= 4 is 11.8 Å². The second-order valence-electron chi connectivity index (χ2n) is 5.04. The lowest BCUT2D eigenvalue weighted by molar-refractivity contribution is -0.117. The average Bonchev–Trinajstić information content (AvgIpc) is 2.93. The predicted octanol–water partition coefficient (Wildman–Crippen LogP) is -0.114. The first-order chi connectivity index (χ1) is 10.6. The number of aliphatic imine (C=N–C) groups is 1. The van der Waals surface area contributed by atoms with Crippen molar-refractivity contribution in [3.8, 4) is 0 Å². The minimum Gasteiger partial charge on any atom is -0.396 e. The monoisotopic (exact) mass is 313 g/mol. The third kappa shape index (κ3) is 3.55. The summed E-state index contributed by atoms with van der Waals surface area (Å²) in [5.41, 5.74) is 6.43. The van der Waals surface area contributed by atoms with Crippen molar-refractivity contribution in [1.82, 2.24) is 9.55 Å². The summed E-state index contributed by atoms with van der Waals surface area (Å²) in [7, 11) is 4.70. The summed E-state index contributed by atoms with van der Waals surface area (Å²) in [5, 5.41) is 12.6. The molecule has 2 unspecified atom stereocenters. The summed E-state index contributed by atoms with van der Waals surface area (Å²) in [4.78, 5) is 8.44. The van der Waals surface area contributed by atoms with Crippen molar-refractivity contribution in [2.75, 3.05) is 33.3 Å². The molecule has 4 N–H and O–H groups in total. The summed E-state index contributed by atoms with van der Waals surface area (Å²) >= 11 is 0. The topological polar surface area (TPSA) is 116 Å². The van der Waals surface area contributed by atoms with Crippen LogP contribution in [0.25, 0.3) is 0 Å². The number of methoxy groups -OCH3 is 3. The SMILES string of the molecule is COC(CC(CO)Cn1cnc2c1NC(N)=NC2OC)OC. The molecule has 0 aliphatic carbocycles. The normalized spacial score (nSPS) is 18.8. The molecule has 0 aromatic carbocycles. The fourth-order valence-corrected chi connectivity index (χ4v) is 2.40. The van der Waals surface area contributed by atoms with Crippen molar-refractivity contribution < 1.29 is 19.3 Å². The molecular formula is C13H23N5O4. The van der Waals surface area contributed by atoms with Crippen molar-refractivity contribution in [2.24, 2.45) is 16.6 Å². The van der Waals surface area contributed by atoms with Crippen LogP contribution in [0.4, 0.5) is 5.82 Å². The van der Waals surface area contributed by atoms with E-state index in [0.717, 1.165) is 5.82 Å². The predicted molar refractivity (Wildman–Crippen MR) is 80.2 cm³/mol. The van der Waals surface area contributed by atoms with Gasteiger partial charge in [-0.3, -0.25) is 0 Å². The average molecular weight is 313 g/mol. The fraction of sp³-hybridized carbons (Fsp3) is 0.692. The van der Waals surface area contributed by atoms with Crippen LogP contribution in [0.5, 0.6) is 0 Å². The Kier molecular flexibility index (Phi) is 5.72. The van der Waals surface area contributed by atoms with Gasteiger partial charge in [0.25, 0.3) is 0 Å². The maximum Gasteiger partial charge on any atom is 0.198 e. The molecule has 0 bridgehead atoms. The number of hydrogen-bond donors (Lipinski definition) is 3. The van der Waals surface area contributed by atoms with Gasteiger partial charge in [-0.15, -0.1) is 0 Å². The Balaban J connectivity index is 2.12. The number of aromatic nitrogens is 2. The van der Waals surface area contributed by atoms with Gasteiger partial charge in [0.05, 0.1) is 6.33 Å². The van der Waals surface area contributed by atoms with Gasteiger partial charge in [0.1, 0.15) is 11.5 Å². The Hall–Kier alpha value is -1.68. The first-order valence-corrected chi connectivity index (χ1v) is 6.97. The van der Waals surface area contributed by atoms with E-state index in [2.05, 4.69) is 15.3 Å². The molecule has 124 valence electrons. The van der Waals surface area contributed by atoms with E-state index < -0.39 is 6.23 Å². The van der Waals surface area contributed by atoms with Gasteiger partial charge in [-0.05, 0) is 0 Å². The van der Waals surface area contributed by atoms with Gasteiger partial charge in [-0.1, -0.05) is 0 Å². The third-order valence-electron chi connectivity index (χ3n) is 3.59. The number of aliphatic hydroxyl groups excluding tert-OH is 1. The Morgan fingerprint density at radius 2 is 2.14 bits per heavy atom. The zero-order chi connectivity index (χ0) is 16.1. The van der Waals surface area contributed by atoms with E-state index in [4.69, 9.17) is 19.9 Å². The lowest BCUT2D eigenvalue weighted by atomic mass is 10.1. The molecule has 0 radical (unpaired) electrons. The van der Waals surface area contributed by atoms with E-state index in [9.17, 15) is 5.11 Å². The highest BCUT2D eigenvalue weighted by Crippen LogP contribution is 2.29. The van der Waals surface area contributed by atoms with Gasteiger partial charge < -0.3 is 34.9 Å². The molecular weight excluding hydrogens is 290 g/mol. The van der Waals surface area contributed by atoms with Crippen LogP contribution in [0.3, 0.4) is 0 Å². The number of aliphatic hydroxyl groups is 1.